The number of halogens is 1. The molecule has 0 aromatic heterocycles. The van der Waals surface area contributed by atoms with Gasteiger partial charge in [-0.05, 0) is 35.3 Å². The molecule has 0 spiro atoms. The first-order valence-corrected chi connectivity index (χ1v) is 7.45. The van der Waals surface area contributed by atoms with E-state index in [-0.39, 0.29) is 6.04 Å². The maximum absolute atomic E-state index is 10.3. The van der Waals surface area contributed by atoms with Crippen molar-refractivity contribution < 1.29 is 5.11 Å². The van der Waals surface area contributed by atoms with Crippen LogP contribution in [0.4, 0.5) is 0 Å². The van der Waals surface area contributed by atoms with Crippen molar-refractivity contribution in [3.8, 4) is 5.75 Å². The summed E-state index contributed by atoms with van der Waals surface area (Å²) in [5.41, 5.74) is 2.13. The van der Waals surface area contributed by atoms with Crippen LogP contribution >= 0.6 is 15.9 Å². The summed E-state index contributed by atoms with van der Waals surface area (Å²) in [6, 6.07) is 6.06. The van der Waals surface area contributed by atoms with Crippen LogP contribution in [-0.4, -0.2) is 36.2 Å². The Morgan fingerprint density at radius 2 is 2.16 bits per heavy atom. The van der Waals surface area contributed by atoms with E-state index >= 15 is 0 Å². The van der Waals surface area contributed by atoms with Gasteiger partial charge in [0.25, 0.3) is 0 Å². The Bertz CT molecular complexity index is 455. The van der Waals surface area contributed by atoms with Gasteiger partial charge >= 0.3 is 0 Å². The molecule has 2 N–H and O–H groups in total. The maximum Gasteiger partial charge on any atom is 0.134 e. The highest BCUT2D eigenvalue weighted by Crippen LogP contribution is 2.37. The topological polar surface area (TPSA) is 35.5 Å². The van der Waals surface area contributed by atoms with Gasteiger partial charge in [0, 0.05) is 37.8 Å². The number of hydrogen-bond acceptors (Lipinski definition) is 3. The van der Waals surface area contributed by atoms with Gasteiger partial charge in [-0.25, -0.2) is 0 Å². The molecule has 1 aromatic rings. The number of phenols is 1. The fourth-order valence-electron chi connectivity index (χ4n) is 2.56. The molecule has 0 bridgehead atoms. The molecule has 0 unspecified atom stereocenters. The molecule has 1 fully saturated rings. The number of piperazine rings is 1. The molecule has 1 atom stereocenters. The van der Waals surface area contributed by atoms with Crippen LogP contribution in [0, 0.1) is 0 Å². The minimum Gasteiger partial charge on any atom is -0.506 e. The zero-order chi connectivity index (χ0) is 13.8. The summed E-state index contributed by atoms with van der Waals surface area (Å²) in [6.07, 6.45) is 0.879. The number of aromatic hydroxyl groups is 1. The highest BCUT2D eigenvalue weighted by Gasteiger charge is 2.24. The van der Waals surface area contributed by atoms with Gasteiger partial charge in [0.2, 0.25) is 0 Å². The van der Waals surface area contributed by atoms with Gasteiger partial charge in [0.15, 0.2) is 0 Å². The van der Waals surface area contributed by atoms with E-state index in [4.69, 9.17) is 0 Å². The Morgan fingerprint density at radius 1 is 1.47 bits per heavy atom. The van der Waals surface area contributed by atoms with Gasteiger partial charge in [-0.2, -0.15) is 0 Å². The predicted octanol–water partition coefficient (Wildman–Crippen LogP) is 3.07. The first-order chi connectivity index (χ1) is 9.09. The normalized spacial score (nSPS) is 18.2. The average Bonchev–Trinajstić information content (AvgIpc) is 2.40. The standard InChI is InChI=1S/C15H21BrN2O/c1-11(2)10-14(18-8-6-17-7-9-18)12-4-3-5-13(16)15(12)19/h3-5,14,17,19H,1,6-10H2,2H3/t14-/m1/s1. The predicted molar refractivity (Wildman–Crippen MR) is 82.4 cm³/mol. The second-order valence-corrected chi connectivity index (χ2v) is 6.00. The third-order valence-corrected chi connectivity index (χ3v) is 4.15. The summed E-state index contributed by atoms with van der Waals surface area (Å²) in [5, 5.41) is 13.7. The molecule has 0 saturated carbocycles. The SMILES string of the molecule is C=C(C)C[C@H](c1cccc(Br)c1O)N1CCNCC1. The van der Waals surface area contributed by atoms with Crippen LogP contribution in [0.2, 0.25) is 0 Å². The summed E-state index contributed by atoms with van der Waals surface area (Å²) < 4.78 is 0.756. The molecule has 1 aromatic carbocycles. The van der Waals surface area contributed by atoms with Crippen molar-refractivity contribution in [1.29, 1.82) is 0 Å². The fraction of sp³-hybridized carbons (Fsp3) is 0.467. The van der Waals surface area contributed by atoms with E-state index in [1.165, 1.54) is 0 Å². The van der Waals surface area contributed by atoms with E-state index in [0.717, 1.165) is 48.2 Å². The second-order valence-electron chi connectivity index (χ2n) is 5.14. The molecule has 19 heavy (non-hydrogen) atoms. The van der Waals surface area contributed by atoms with Gasteiger partial charge < -0.3 is 10.4 Å². The summed E-state index contributed by atoms with van der Waals surface area (Å²) in [6.45, 7) is 10.1. The molecule has 0 amide bonds. The Balaban J connectivity index is 2.30. The van der Waals surface area contributed by atoms with Gasteiger partial charge in [0.05, 0.1) is 4.47 Å². The lowest BCUT2D eigenvalue weighted by Crippen LogP contribution is -2.45. The van der Waals surface area contributed by atoms with Crippen molar-refractivity contribution in [1.82, 2.24) is 10.2 Å². The number of nitrogens with zero attached hydrogens (tertiary/aromatic N) is 1. The summed E-state index contributed by atoms with van der Waals surface area (Å²) in [5.74, 6) is 0.354. The molecule has 3 nitrogen and oxygen atoms in total. The monoisotopic (exact) mass is 324 g/mol. The van der Waals surface area contributed by atoms with Gasteiger partial charge in [-0.15, -0.1) is 6.58 Å². The number of phenolic OH excluding ortho intramolecular Hbond substituents is 1. The summed E-state index contributed by atoms with van der Waals surface area (Å²) in [4.78, 5) is 2.42. The third kappa shape index (κ3) is 3.59. The Labute approximate surface area is 123 Å². The highest BCUT2D eigenvalue weighted by molar-refractivity contribution is 9.10. The lowest BCUT2D eigenvalue weighted by Gasteiger charge is -2.35. The maximum atomic E-state index is 10.3. The Kier molecular flexibility index (Phi) is 5.02. The third-order valence-electron chi connectivity index (χ3n) is 3.51. The van der Waals surface area contributed by atoms with Crippen LogP contribution in [0.3, 0.4) is 0 Å². The molecule has 4 heteroatoms. The molecule has 0 aliphatic carbocycles. The van der Waals surface area contributed by atoms with Crippen molar-refractivity contribution in [2.45, 2.75) is 19.4 Å². The molecule has 104 valence electrons. The average molecular weight is 325 g/mol. The van der Waals surface area contributed by atoms with Crippen LogP contribution in [0.15, 0.2) is 34.8 Å². The molecular formula is C15H21BrN2O. The van der Waals surface area contributed by atoms with Crippen LogP contribution < -0.4 is 5.32 Å². The molecule has 2 rings (SSSR count). The van der Waals surface area contributed by atoms with Crippen molar-refractivity contribution >= 4 is 15.9 Å². The smallest absolute Gasteiger partial charge is 0.134 e. The van der Waals surface area contributed by atoms with Gasteiger partial charge in [0.1, 0.15) is 5.75 Å². The number of rotatable bonds is 4. The quantitative estimate of drug-likeness (QED) is 0.835. The number of para-hydroxylation sites is 1. The first kappa shape index (κ1) is 14.6. The lowest BCUT2D eigenvalue weighted by atomic mass is 9.97. The van der Waals surface area contributed by atoms with E-state index in [1.54, 1.807) is 0 Å². The van der Waals surface area contributed by atoms with Gasteiger partial charge in [-0.1, -0.05) is 17.7 Å². The van der Waals surface area contributed by atoms with E-state index in [2.05, 4.69) is 32.7 Å². The Hall–Kier alpha value is -0.840. The summed E-state index contributed by atoms with van der Waals surface area (Å²) >= 11 is 3.40. The van der Waals surface area contributed by atoms with Crippen molar-refractivity contribution in [3.05, 3.63) is 40.4 Å². The largest absolute Gasteiger partial charge is 0.506 e. The van der Waals surface area contributed by atoms with Crippen molar-refractivity contribution in [3.63, 3.8) is 0 Å². The number of nitrogens with one attached hydrogen (secondary N) is 1. The van der Waals surface area contributed by atoms with Crippen LogP contribution in [0.25, 0.3) is 0 Å². The summed E-state index contributed by atoms with van der Waals surface area (Å²) in [7, 11) is 0. The molecule has 1 heterocycles. The fourth-order valence-corrected chi connectivity index (χ4v) is 2.94. The molecule has 0 radical (unpaired) electrons. The number of hydrogen-bond donors (Lipinski definition) is 2. The van der Waals surface area contributed by atoms with Crippen LogP contribution in [0.1, 0.15) is 24.9 Å². The molecule has 1 saturated heterocycles. The second kappa shape index (κ2) is 6.55. The Morgan fingerprint density at radius 3 is 2.79 bits per heavy atom. The molecular weight excluding hydrogens is 304 g/mol. The zero-order valence-corrected chi connectivity index (χ0v) is 12.9. The van der Waals surface area contributed by atoms with E-state index < -0.39 is 0 Å². The minimum absolute atomic E-state index is 0.206. The van der Waals surface area contributed by atoms with Crippen LogP contribution in [0.5, 0.6) is 5.75 Å². The number of benzene rings is 1. The zero-order valence-electron chi connectivity index (χ0n) is 11.3. The molecule has 1 aliphatic heterocycles. The van der Waals surface area contributed by atoms with E-state index in [9.17, 15) is 5.11 Å². The molecule has 1 aliphatic rings. The minimum atomic E-state index is 0.206. The first-order valence-electron chi connectivity index (χ1n) is 6.66. The van der Waals surface area contributed by atoms with E-state index in [0.29, 0.717) is 5.75 Å². The van der Waals surface area contributed by atoms with Crippen molar-refractivity contribution in [2.75, 3.05) is 26.2 Å². The van der Waals surface area contributed by atoms with Crippen molar-refractivity contribution in [2.24, 2.45) is 0 Å². The van der Waals surface area contributed by atoms with Crippen LogP contribution in [-0.2, 0) is 0 Å². The highest BCUT2D eigenvalue weighted by atomic mass is 79.9. The van der Waals surface area contributed by atoms with Gasteiger partial charge in [-0.3, -0.25) is 4.90 Å². The van der Waals surface area contributed by atoms with E-state index in [1.807, 2.05) is 25.1 Å². The lowest BCUT2D eigenvalue weighted by molar-refractivity contribution is 0.170.